The summed E-state index contributed by atoms with van der Waals surface area (Å²) in [5, 5.41) is 18.4. The number of halogens is 1. The van der Waals surface area contributed by atoms with Crippen LogP contribution in [0, 0.1) is 17.1 Å². The molecule has 7 rings (SSSR count). The van der Waals surface area contributed by atoms with Crippen LogP contribution in [0.4, 0.5) is 10.3 Å². The molecule has 2 aromatic carbocycles. The lowest BCUT2D eigenvalue weighted by Gasteiger charge is -2.28. The molecular weight excluding hydrogens is 553 g/mol. The molecule has 5 heterocycles. The van der Waals surface area contributed by atoms with E-state index in [2.05, 4.69) is 24.3 Å². The van der Waals surface area contributed by atoms with Crippen molar-refractivity contribution in [3.63, 3.8) is 0 Å². The zero-order chi connectivity index (χ0) is 29.5. The Hall–Kier alpha value is -4.86. The van der Waals surface area contributed by atoms with E-state index in [0.29, 0.717) is 43.6 Å². The molecule has 1 saturated heterocycles. The molecule has 0 radical (unpaired) electrons. The Kier molecular flexibility index (Phi) is 6.96. The third-order valence-electron chi connectivity index (χ3n) is 8.17. The highest BCUT2D eigenvalue weighted by atomic mass is 19.1. The molecule has 1 atom stereocenters. The Morgan fingerprint density at radius 3 is 2.63 bits per heavy atom. The monoisotopic (exact) mass is 581 g/mol. The summed E-state index contributed by atoms with van der Waals surface area (Å²) in [6.45, 7) is 5.03. The molecule has 0 saturated carbocycles. The van der Waals surface area contributed by atoms with E-state index in [0.717, 1.165) is 43.0 Å². The van der Waals surface area contributed by atoms with Crippen LogP contribution in [0.5, 0.6) is 5.88 Å². The van der Waals surface area contributed by atoms with E-state index in [1.807, 2.05) is 6.07 Å². The number of carbonyl (C=O) groups is 1. The fraction of sp³-hybridized carbons (Fsp3) is 0.323. The van der Waals surface area contributed by atoms with Crippen molar-refractivity contribution in [1.29, 1.82) is 5.26 Å². The number of nitrogens with zero attached hydrogens (tertiary/aromatic N) is 7. The molecule has 12 heteroatoms. The van der Waals surface area contributed by atoms with E-state index in [1.165, 1.54) is 17.2 Å². The van der Waals surface area contributed by atoms with Crippen LogP contribution >= 0.6 is 0 Å². The average Bonchev–Trinajstić information content (AvgIpc) is 3.65. The predicted molar refractivity (Wildman–Crippen MR) is 153 cm³/mol. The quantitative estimate of drug-likeness (QED) is 0.293. The smallest absolute Gasteiger partial charge is 0.335 e. The van der Waals surface area contributed by atoms with Crippen molar-refractivity contribution in [2.75, 3.05) is 37.7 Å². The summed E-state index contributed by atoms with van der Waals surface area (Å²) < 4.78 is 27.8. The fourth-order valence-corrected chi connectivity index (χ4v) is 5.83. The normalized spacial score (nSPS) is 18.1. The van der Waals surface area contributed by atoms with Crippen molar-refractivity contribution >= 4 is 23.0 Å². The summed E-state index contributed by atoms with van der Waals surface area (Å²) in [7, 11) is 0. The second-order valence-corrected chi connectivity index (χ2v) is 11.0. The van der Waals surface area contributed by atoms with Gasteiger partial charge in [0.25, 0.3) is 0 Å². The van der Waals surface area contributed by atoms with Gasteiger partial charge in [0.2, 0.25) is 11.8 Å². The first-order chi connectivity index (χ1) is 20.9. The van der Waals surface area contributed by atoms with Gasteiger partial charge in [0.15, 0.2) is 0 Å². The molecule has 3 aliphatic heterocycles. The maximum absolute atomic E-state index is 14.2. The van der Waals surface area contributed by atoms with Gasteiger partial charge in [-0.3, -0.25) is 4.90 Å². The van der Waals surface area contributed by atoms with Crippen molar-refractivity contribution < 1.29 is 23.8 Å². The topological polar surface area (TPSA) is 130 Å². The molecule has 11 nitrogen and oxygen atoms in total. The number of carboxylic acid groups (broad SMARTS) is 1. The number of aromatic carboxylic acids is 1. The second kappa shape index (κ2) is 11.1. The van der Waals surface area contributed by atoms with Gasteiger partial charge in [-0.25, -0.2) is 19.2 Å². The van der Waals surface area contributed by atoms with Crippen molar-refractivity contribution in [3.05, 3.63) is 88.1 Å². The number of anilines is 1. The van der Waals surface area contributed by atoms with Crippen LogP contribution in [-0.4, -0.2) is 74.4 Å². The van der Waals surface area contributed by atoms with Gasteiger partial charge in [0, 0.05) is 50.6 Å². The Labute approximate surface area is 246 Å². The third kappa shape index (κ3) is 5.40. The number of aromatic nitrogens is 4. The minimum Gasteiger partial charge on any atom is -0.478 e. The zero-order valence-corrected chi connectivity index (χ0v) is 23.2. The number of ether oxygens (including phenoxy) is 2. The molecule has 1 N–H and O–H groups in total. The van der Waals surface area contributed by atoms with Crippen LogP contribution < -0.4 is 9.64 Å². The number of fused-ring (bicyclic) bond motifs is 1. The van der Waals surface area contributed by atoms with Crippen molar-refractivity contribution in [1.82, 2.24) is 24.4 Å². The van der Waals surface area contributed by atoms with Crippen LogP contribution in [0.15, 0.2) is 59.8 Å². The van der Waals surface area contributed by atoms with Gasteiger partial charge in [-0.05, 0) is 47.9 Å². The summed E-state index contributed by atoms with van der Waals surface area (Å²) in [6.07, 6.45) is 2.73. The zero-order valence-electron chi connectivity index (χ0n) is 23.2. The lowest BCUT2D eigenvalue weighted by molar-refractivity contribution is -0.0591. The highest BCUT2D eigenvalue weighted by Gasteiger charge is 2.32. The summed E-state index contributed by atoms with van der Waals surface area (Å²) in [5.41, 5.74) is 5.10. The van der Waals surface area contributed by atoms with Gasteiger partial charge < -0.3 is 24.0 Å². The fourth-order valence-electron chi connectivity index (χ4n) is 5.83. The highest BCUT2D eigenvalue weighted by Crippen LogP contribution is 2.30. The van der Waals surface area contributed by atoms with Crippen molar-refractivity contribution in [3.8, 4) is 11.9 Å². The first kappa shape index (κ1) is 27.0. The lowest BCUT2D eigenvalue weighted by atomic mass is 10.1. The van der Waals surface area contributed by atoms with E-state index < -0.39 is 11.8 Å². The summed E-state index contributed by atoms with van der Waals surface area (Å²) in [6, 6.07) is 12.9. The Balaban J connectivity index is 1.00. The third-order valence-corrected chi connectivity index (χ3v) is 8.17. The molecule has 2 aromatic heterocycles. The highest BCUT2D eigenvalue weighted by molar-refractivity contribution is 5.92. The summed E-state index contributed by atoms with van der Waals surface area (Å²) in [5.74, 6) is 0.355. The molecule has 1 fully saturated rings. The van der Waals surface area contributed by atoms with Crippen molar-refractivity contribution in [2.24, 2.45) is 0 Å². The van der Waals surface area contributed by atoms with Crippen LogP contribution in [0.2, 0.25) is 0 Å². The Morgan fingerprint density at radius 1 is 1.12 bits per heavy atom. The molecule has 0 bridgehead atoms. The number of rotatable bonds is 9. The van der Waals surface area contributed by atoms with Crippen LogP contribution in [0.3, 0.4) is 0 Å². The van der Waals surface area contributed by atoms with Gasteiger partial charge in [-0.1, -0.05) is 6.07 Å². The largest absolute Gasteiger partial charge is 0.478 e. The lowest BCUT2D eigenvalue weighted by Crippen LogP contribution is -2.33. The first-order valence-electron chi connectivity index (χ1n) is 14.1. The molecular formula is C31H28FN7O4. The molecule has 0 amide bonds. The maximum Gasteiger partial charge on any atom is 0.335 e. The molecule has 4 aromatic rings. The number of imidazole rings is 1. The number of hydrogen-bond donors (Lipinski definition) is 1. The average molecular weight is 582 g/mol. The SMILES string of the molecule is N#Cc1ccc(COc2ccnc(N3CC4=C(CN(Cc5nc6ccc(C(=O)O)cc6n5C[C@@H]5CCO5)C4)C3)n2)c(F)c1. The standard InChI is InChI=1S/C31H28FN7O4/c32-25-9-19(11-33)1-2-21(25)18-43-29-5-7-34-31(36-29)38-14-22-12-37(13-23(22)15-38)17-28-35-26-4-3-20(30(40)41)10-27(26)39(28)16-24-6-8-42-24/h1-5,7,9-10,24H,6,8,12-18H2,(H,40,41)/t24-/m0/s1. The van der Waals surface area contributed by atoms with E-state index in [4.69, 9.17) is 19.7 Å². The van der Waals surface area contributed by atoms with Crippen molar-refractivity contribution in [2.45, 2.75) is 32.2 Å². The predicted octanol–water partition coefficient (Wildman–Crippen LogP) is 3.54. The van der Waals surface area contributed by atoms with E-state index in [9.17, 15) is 14.3 Å². The van der Waals surface area contributed by atoms with E-state index in [1.54, 1.807) is 42.6 Å². The minimum absolute atomic E-state index is 0.00697. The van der Waals surface area contributed by atoms with Crippen LogP contribution in [0.25, 0.3) is 11.0 Å². The second-order valence-electron chi connectivity index (χ2n) is 11.0. The number of benzene rings is 2. The summed E-state index contributed by atoms with van der Waals surface area (Å²) >= 11 is 0. The van der Waals surface area contributed by atoms with E-state index >= 15 is 0 Å². The van der Waals surface area contributed by atoms with Crippen LogP contribution in [0.1, 0.15) is 33.7 Å². The van der Waals surface area contributed by atoms with Gasteiger partial charge in [0.05, 0.1) is 47.4 Å². The Morgan fingerprint density at radius 2 is 1.93 bits per heavy atom. The molecule has 0 aliphatic carbocycles. The van der Waals surface area contributed by atoms with Gasteiger partial charge in [-0.2, -0.15) is 10.2 Å². The first-order valence-corrected chi connectivity index (χ1v) is 14.1. The maximum atomic E-state index is 14.2. The molecule has 43 heavy (non-hydrogen) atoms. The van der Waals surface area contributed by atoms with Gasteiger partial charge >= 0.3 is 5.97 Å². The molecule has 0 unspecified atom stereocenters. The van der Waals surface area contributed by atoms with Crippen LogP contribution in [-0.2, 0) is 24.4 Å². The number of hydrogen-bond acceptors (Lipinski definition) is 9. The molecule has 0 spiro atoms. The number of carboxylic acids is 1. The van der Waals surface area contributed by atoms with E-state index in [-0.39, 0.29) is 23.8 Å². The van der Waals surface area contributed by atoms with Gasteiger partial charge in [-0.15, -0.1) is 0 Å². The number of nitriles is 1. The minimum atomic E-state index is -0.956. The molecule has 218 valence electrons. The van der Waals surface area contributed by atoms with Gasteiger partial charge in [0.1, 0.15) is 18.2 Å². The Bertz CT molecular complexity index is 1790. The summed E-state index contributed by atoms with van der Waals surface area (Å²) in [4.78, 5) is 29.9. The molecule has 3 aliphatic rings.